The molecular formula is C15H30N2. The lowest BCUT2D eigenvalue weighted by Gasteiger charge is -2.37. The van der Waals surface area contributed by atoms with Crippen LogP contribution in [-0.4, -0.2) is 28.0 Å². The molecule has 0 amide bonds. The Kier molecular flexibility index (Phi) is 5.87. The summed E-state index contributed by atoms with van der Waals surface area (Å²) in [6, 6.07) is 1.21. The normalized spacial score (nSPS) is 16.9. The number of hydrogen-bond acceptors (Lipinski definition) is 2. The standard InChI is InChI=1S/C15H30N2/c1-6-7-8-9-10-15-16(13(2)3)11-12-17(15)14(4)5/h11-15H,6-10H2,1-5H3. The summed E-state index contributed by atoms with van der Waals surface area (Å²) < 4.78 is 0. The maximum absolute atomic E-state index is 2.51. The van der Waals surface area contributed by atoms with E-state index in [9.17, 15) is 0 Å². The van der Waals surface area contributed by atoms with Gasteiger partial charge in [-0.05, 0) is 40.5 Å². The first-order chi connectivity index (χ1) is 8.07. The molecular weight excluding hydrogens is 208 g/mol. The van der Waals surface area contributed by atoms with Crippen molar-refractivity contribution in [1.82, 2.24) is 9.80 Å². The van der Waals surface area contributed by atoms with Crippen molar-refractivity contribution < 1.29 is 0 Å². The van der Waals surface area contributed by atoms with E-state index in [1.165, 1.54) is 32.1 Å². The summed E-state index contributed by atoms with van der Waals surface area (Å²) in [6.45, 7) is 11.4. The Morgan fingerprint density at radius 2 is 1.41 bits per heavy atom. The van der Waals surface area contributed by atoms with Crippen molar-refractivity contribution in [2.45, 2.75) is 85.0 Å². The van der Waals surface area contributed by atoms with Crippen molar-refractivity contribution in [2.75, 3.05) is 0 Å². The van der Waals surface area contributed by atoms with Crippen LogP contribution >= 0.6 is 0 Å². The van der Waals surface area contributed by atoms with Gasteiger partial charge in [0.25, 0.3) is 0 Å². The van der Waals surface area contributed by atoms with Gasteiger partial charge in [-0.15, -0.1) is 0 Å². The van der Waals surface area contributed by atoms with Crippen molar-refractivity contribution in [3.8, 4) is 0 Å². The van der Waals surface area contributed by atoms with E-state index < -0.39 is 0 Å². The van der Waals surface area contributed by atoms with Crippen LogP contribution in [0.4, 0.5) is 0 Å². The van der Waals surface area contributed by atoms with Crippen LogP contribution in [-0.2, 0) is 0 Å². The first-order valence-corrected chi connectivity index (χ1v) is 7.31. The fourth-order valence-corrected chi connectivity index (χ4v) is 2.59. The van der Waals surface area contributed by atoms with Crippen LogP contribution in [0.5, 0.6) is 0 Å². The van der Waals surface area contributed by atoms with Gasteiger partial charge in [-0.2, -0.15) is 0 Å². The Balaban J connectivity index is 2.49. The molecule has 1 rings (SSSR count). The summed E-state index contributed by atoms with van der Waals surface area (Å²) in [5.74, 6) is 0. The zero-order valence-corrected chi connectivity index (χ0v) is 12.3. The Morgan fingerprint density at radius 3 is 1.82 bits per heavy atom. The number of nitrogens with zero attached hydrogens (tertiary/aromatic N) is 2. The lowest BCUT2D eigenvalue weighted by molar-refractivity contribution is 0.0947. The van der Waals surface area contributed by atoms with Gasteiger partial charge >= 0.3 is 0 Å². The van der Waals surface area contributed by atoms with Gasteiger partial charge in [0, 0.05) is 24.5 Å². The van der Waals surface area contributed by atoms with E-state index >= 15 is 0 Å². The molecule has 100 valence electrons. The van der Waals surface area contributed by atoms with Gasteiger partial charge in [0.15, 0.2) is 0 Å². The highest BCUT2D eigenvalue weighted by atomic mass is 15.4. The van der Waals surface area contributed by atoms with Crippen molar-refractivity contribution >= 4 is 0 Å². The highest BCUT2D eigenvalue weighted by Crippen LogP contribution is 2.25. The van der Waals surface area contributed by atoms with Crippen molar-refractivity contribution in [3.05, 3.63) is 12.4 Å². The number of hydrogen-bond donors (Lipinski definition) is 0. The van der Waals surface area contributed by atoms with E-state index in [1.54, 1.807) is 0 Å². The molecule has 0 atom stereocenters. The SMILES string of the molecule is CCCCCCC1N(C(C)C)C=CN1C(C)C. The lowest BCUT2D eigenvalue weighted by Crippen LogP contribution is -2.44. The van der Waals surface area contributed by atoms with Crippen LogP contribution in [0.3, 0.4) is 0 Å². The molecule has 0 aromatic rings. The molecule has 0 aliphatic carbocycles. The molecule has 0 unspecified atom stereocenters. The Labute approximate surface area is 108 Å². The van der Waals surface area contributed by atoms with E-state index in [0.717, 1.165) is 0 Å². The molecule has 0 fully saturated rings. The monoisotopic (exact) mass is 238 g/mol. The van der Waals surface area contributed by atoms with Gasteiger partial charge in [-0.3, -0.25) is 0 Å². The summed E-state index contributed by atoms with van der Waals surface area (Å²) in [6.07, 6.45) is 11.9. The minimum atomic E-state index is 0.590. The maximum atomic E-state index is 2.51. The smallest absolute Gasteiger partial charge is 0.101 e. The van der Waals surface area contributed by atoms with Crippen LogP contribution < -0.4 is 0 Å². The van der Waals surface area contributed by atoms with Crippen molar-refractivity contribution in [1.29, 1.82) is 0 Å². The van der Waals surface area contributed by atoms with E-state index in [2.05, 4.69) is 56.8 Å². The molecule has 0 saturated heterocycles. The van der Waals surface area contributed by atoms with E-state index in [0.29, 0.717) is 18.2 Å². The minimum absolute atomic E-state index is 0.590. The van der Waals surface area contributed by atoms with Crippen molar-refractivity contribution in [3.63, 3.8) is 0 Å². The second kappa shape index (κ2) is 6.93. The molecule has 1 aliphatic heterocycles. The van der Waals surface area contributed by atoms with Crippen LogP contribution in [0.1, 0.15) is 66.7 Å². The van der Waals surface area contributed by atoms with Gasteiger partial charge in [0.2, 0.25) is 0 Å². The summed E-state index contributed by atoms with van der Waals surface area (Å²) in [4.78, 5) is 5.01. The molecule has 0 aromatic heterocycles. The quantitative estimate of drug-likeness (QED) is 0.614. The van der Waals surface area contributed by atoms with Crippen LogP contribution in [0.15, 0.2) is 12.4 Å². The molecule has 0 saturated carbocycles. The molecule has 0 radical (unpaired) electrons. The largest absolute Gasteiger partial charge is 0.354 e. The molecule has 2 heteroatoms. The first kappa shape index (κ1) is 14.4. The van der Waals surface area contributed by atoms with E-state index in [-0.39, 0.29) is 0 Å². The molecule has 0 N–H and O–H groups in total. The van der Waals surface area contributed by atoms with Gasteiger partial charge in [0.1, 0.15) is 6.17 Å². The fourth-order valence-electron chi connectivity index (χ4n) is 2.59. The topological polar surface area (TPSA) is 6.48 Å². The van der Waals surface area contributed by atoms with Crippen LogP contribution in [0.2, 0.25) is 0 Å². The summed E-state index contributed by atoms with van der Waals surface area (Å²) in [7, 11) is 0. The average Bonchev–Trinajstić information content (AvgIpc) is 2.68. The number of rotatable bonds is 7. The third-order valence-electron chi connectivity index (χ3n) is 3.61. The molecule has 2 nitrogen and oxygen atoms in total. The minimum Gasteiger partial charge on any atom is -0.354 e. The molecule has 0 aromatic carbocycles. The molecule has 0 bridgehead atoms. The highest BCUT2D eigenvalue weighted by Gasteiger charge is 2.28. The second-order valence-corrected chi connectivity index (χ2v) is 5.71. The Bertz CT molecular complexity index is 215. The highest BCUT2D eigenvalue weighted by molar-refractivity contribution is 4.99. The van der Waals surface area contributed by atoms with Gasteiger partial charge in [0.05, 0.1) is 0 Å². The lowest BCUT2D eigenvalue weighted by atomic mass is 10.1. The zero-order chi connectivity index (χ0) is 12.8. The molecule has 1 heterocycles. The third-order valence-corrected chi connectivity index (χ3v) is 3.61. The summed E-state index contributed by atoms with van der Waals surface area (Å²) in [5, 5.41) is 0. The summed E-state index contributed by atoms with van der Waals surface area (Å²) in [5.41, 5.74) is 0. The van der Waals surface area contributed by atoms with E-state index in [1.807, 2.05) is 0 Å². The fraction of sp³-hybridized carbons (Fsp3) is 0.867. The summed E-state index contributed by atoms with van der Waals surface area (Å²) >= 11 is 0. The zero-order valence-electron chi connectivity index (χ0n) is 12.3. The van der Waals surface area contributed by atoms with Gasteiger partial charge in [-0.25, -0.2) is 0 Å². The third kappa shape index (κ3) is 3.93. The predicted octanol–water partition coefficient (Wildman–Crippen LogP) is 4.19. The average molecular weight is 238 g/mol. The van der Waals surface area contributed by atoms with Gasteiger partial charge < -0.3 is 9.80 Å². The van der Waals surface area contributed by atoms with Crippen LogP contribution in [0.25, 0.3) is 0 Å². The van der Waals surface area contributed by atoms with Crippen molar-refractivity contribution in [2.24, 2.45) is 0 Å². The van der Waals surface area contributed by atoms with Crippen LogP contribution in [0, 0.1) is 0 Å². The first-order valence-electron chi connectivity index (χ1n) is 7.31. The van der Waals surface area contributed by atoms with E-state index in [4.69, 9.17) is 0 Å². The second-order valence-electron chi connectivity index (χ2n) is 5.71. The molecule has 0 spiro atoms. The Hall–Kier alpha value is -0.660. The number of unbranched alkanes of at least 4 members (excludes halogenated alkanes) is 3. The molecule has 17 heavy (non-hydrogen) atoms. The molecule has 1 aliphatic rings. The predicted molar refractivity (Wildman–Crippen MR) is 75.6 cm³/mol. The Morgan fingerprint density at radius 1 is 0.882 bits per heavy atom. The van der Waals surface area contributed by atoms with Gasteiger partial charge in [-0.1, -0.05) is 26.2 Å². The maximum Gasteiger partial charge on any atom is 0.101 e.